The van der Waals surface area contributed by atoms with Gasteiger partial charge in [-0.25, -0.2) is 8.42 Å². The molecule has 2 rings (SSSR count). The van der Waals surface area contributed by atoms with Crippen LogP contribution >= 0.6 is 11.8 Å². The quantitative estimate of drug-likeness (QED) is 0.725. The van der Waals surface area contributed by atoms with Crippen molar-refractivity contribution >= 4 is 33.2 Å². The van der Waals surface area contributed by atoms with E-state index in [1.54, 1.807) is 36.9 Å². The highest BCUT2D eigenvalue weighted by Gasteiger charge is 2.23. The first-order chi connectivity index (χ1) is 12.3. The van der Waals surface area contributed by atoms with Crippen LogP contribution in [0.1, 0.15) is 26.3 Å². The molecule has 2 aromatic rings. The van der Waals surface area contributed by atoms with Crippen molar-refractivity contribution in [2.45, 2.75) is 36.7 Å². The summed E-state index contributed by atoms with van der Waals surface area (Å²) < 4.78 is 24.0. The van der Waals surface area contributed by atoms with E-state index in [-0.39, 0.29) is 27.7 Å². The number of nitrogens with one attached hydrogen (secondary N) is 1. The van der Waals surface area contributed by atoms with E-state index < -0.39 is 9.84 Å². The van der Waals surface area contributed by atoms with Crippen molar-refractivity contribution in [3.8, 4) is 0 Å². The van der Waals surface area contributed by atoms with Gasteiger partial charge in [-0.1, -0.05) is 57.2 Å². The van der Waals surface area contributed by atoms with Crippen LogP contribution in [0.2, 0.25) is 0 Å². The number of sulfone groups is 1. The fourth-order valence-electron chi connectivity index (χ4n) is 2.48. The average molecular weight is 392 g/mol. The first-order valence-corrected chi connectivity index (χ1v) is 11.3. The monoisotopic (exact) mass is 391 g/mol. The number of thioether (sulfide) groups is 1. The van der Waals surface area contributed by atoms with Crippen LogP contribution in [0.3, 0.4) is 0 Å². The number of carbonyl (C=O) groups excluding carboxylic acids is 1. The molecular formula is C20H25NO3S2. The van der Waals surface area contributed by atoms with Crippen LogP contribution in [-0.2, 0) is 20.4 Å². The molecule has 1 atom stereocenters. The van der Waals surface area contributed by atoms with Gasteiger partial charge in [0.25, 0.3) is 0 Å². The van der Waals surface area contributed by atoms with Crippen LogP contribution in [0, 0.1) is 5.92 Å². The fraction of sp³-hybridized carbons (Fsp3) is 0.350. The maximum absolute atomic E-state index is 12.7. The molecule has 0 aliphatic carbocycles. The average Bonchev–Trinajstić information content (AvgIpc) is 2.62. The molecule has 4 nitrogen and oxygen atoms in total. The molecule has 0 saturated heterocycles. The zero-order chi connectivity index (χ0) is 19.2. The highest BCUT2D eigenvalue weighted by Crippen LogP contribution is 2.26. The summed E-state index contributed by atoms with van der Waals surface area (Å²) in [5.74, 6) is 0.839. The molecule has 0 fully saturated rings. The zero-order valence-corrected chi connectivity index (χ0v) is 16.9. The Kier molecular flexibility index (Phi) is 7.29. The molecule has 0 bridgehead atoms. The number of anilines is 1. The Morgan fingerprint density at radius 1 is 1.08 bits per heavy atom. The summed E-state index contributed by atoms with van der Waals surface area (Å²) in [7, 11) is -3.30. The molecule has 0 aliphatic rings. The van der Waals surface area contributed by atoms with Crippen molar-refractivity contribution in [2.75, 3.05) is 11.1 Å². The molecule has 0 aromatic heterocycles. The van der Waals surface area contributed by atoms with Gasteiger partial charge in [0, 0.05) is 11.4 Å². The van der Waals surface area contributed by atoms with E-state index in [2.05, 4.69) is 5.32 Å². The molecule has 1 amide bonds. The van der Waals surface area contributed by atoms with Gasteiger partial charge >= 0.3 is 0 Å². The minimum atomic E-state index is -3.30. The third kappa shape index (κ3) is 5.61. The van der Waals surface area contributed by atoms with E-state index in [1.807, 2.05) is 44.2 Å². The number of carbonyl (C=O) groups is 1. The lowest BCUT2D eigenvalue weighted by molar-refractivity contribution is -0.116. The topological polar surface area (TPSA) is 63.2 Å². The number of hydrogen-bond acceptors (Lipinski definition) is 4. The lowest BCUT2D eigenvalue weighted by atomic mass is 10.1. The van der Waals surface area contributed by atoms with Crippen LogP contribution in [0.5, 0.6) is 0 Å². The van der Waals surface area contributed by atoms with Gasteiger partial charge in [-0.3, -0.25) is 4.79 Å². The van der Waals surface area contributed by atoms with Gasteiger partial charge in [0.2, 0.25) is 5.91 Å². The van der Waals surface area contributed by atoms with Gasteiger partial charge in [0.1, 0.15) is 0 Å². The van der Waals surface area contributed by atoms with Gasteiger partial charge in [0.15, 0.2) is 9.84 Å². The predicted octanol–water partition coefficient (Wildman–Crippen LogP) is 4.38. The Hall–Kier alpha value is -1.79. The normalized spacial score (nSPS) is 12.8. The van der Waals surface area contributed by atoms with Crippen LogP contribution in [0.15, 0.2) is 59.5 Å². The minimum Gasteiger partial charge on any atom is -0.325 e. The van der Waals surface area contributed by atoms with Crippen molar-refractivity contribution in [2.24, 2.45) is 5.92 Å². The number of amides is 1. The SMILES string of the molecule is CCS(=O)(=O)c1cccc(NC(=O)C(SCc2ccccc2)C(C)C)c1. The van der Waals surface area contributed by atoms with Crippen molar-refractivity contribution in [3.05, 3.63) is 60.2 Å². The predicted molar refractivity (Wildman–Crippen MR) is 109 cm³/mol. The molecule has 0 heterocycles. The van der Waals surface area contributed by atoms with Crippen molar-refractivity contribution in [3.63, 3.8) is 0 Å². The molecule has 0 spiro atoms. The van der Waals surface area contributed by atoms with Gasteiger partial charge in [0.05, 0.1) is 15.9 Å². The van der Waals surface area contributed by atoms with E-state index in [1.165, 1.54) is 11.6 Å². The number of benzene rings is 2. The highest BCUT2D eigenvalue weighted by molar-refractivity contribution is 7.99. The molecule has 0 saturated carbocycles. The fourth-order valence-corrected chi connectivity index (χ4v) is 4.56. The molecule has 140 valence electrons. The van der Waals surface area contributed by atoms with Gasteiger partial charge in [-0.05, 0) is 29.7 Å². The third-order valence-corrected chi connectivity index (χ3v) is 7.33. The molecule has 0 radical (unpaired) electrons. The summed E-state index contributed by atoms with van der Waals surface area (Å²) in [6.45, 7) is 5.63. The Morgan fingerprint density at radius 2 is 1.77 bits per heavy atom. The maximum atomic E-state index is 12.7. The zero-order valence-electron chi connectivity index (χ0n) is 15.3. The molecule has 1 unspecified atom stereocenters. The third-order valence-electron chi connectivity index (χ3n) is 3.98. The summed E-state index contributed by atoms with van der Waals surface area (Å²) >= 11 is 1.59. The van der Waals surface area contributed by atoms with E-state index in [9.17, 15) is 13.2 Å². The standard InChI is InChI=1S/C20H25NO3S2/c1-4-26(23,24)18-12-8-11-17(13-18)21-20(22)19(15(2)3)25-14-16-9-6-5-7-10-16/h5-13,15,19H,4,14H2,1-3H3,(H,21,22). The first-order valence-electron chi connectivity index (χ1n) is 8.62. The van der Waals surface area contributed by atoms with E-state index in [4.69, 9.17) is 0 Å². The Morgan fingerprint density at radius 3 is 2.38 bits per heavy atom. The Bertz CT molecular complexity index is 833. The summed E-state index contributed by atoms with van der Waals surface area (Å²) in [5, 5.41) is 2.65. The molecule has 2 aromatic carbocycles. The van der Waals surface area contributed by atoms with Crippen LogP contribution in [0.4, 0.5) is 5.69 Å². The van der Waals surface area contributed by atoms with Crippen LogP contribution in [-0.4, -0.2) is 25.3 Å². The lowest BCUT2D eigenvalue weighted by Crippen LogP contribution is -2.29. The maximum Gasteiger partial charge on any atom is 0.237 e. The van der Waals surface area contributed by atoms with Crippen molar-refractivity contribution in [1.82, 2.24) is 0 Å². The Labute approximate surface area is 160 Å². The van der Waals surface area contributed by atoms with E-state index in [0.29, 0.717) is 5.69 Å². The lowest BCUT2D eigenvalue weighted by Gasteiger charge is -2.20. The van der Waals surface area contributed by atoms with E-state index in [0.717, 1.165) is 5.75 Å². The molecule has 6 heteroatoms. The van der Waals surface area contributed by atoms with Crippen LogP contribution < -0.4 is 5.32 Å². The number of hydrogen-bond donors (Lipinski definition) is 1. The van der Waals surface area contributed by atoms with Gasteiger partial charge in [-0.2, -0.15) is 0 Å². The summed E-state index contributed by atoms with van der Waals surface area (Å²) in [6.07, 6.45) is 0. The minimum absolute atomic E-state index is 0.0337. The van der Waals surface area contributed by atoms with Crippen molar-refractivity contribution in [1.29, 1.82) is 0 Å². The summed E-state index contributed by atoms with van der Waals surface area (Å²) in [5.41, 5.74) is 1.68. The molecule has 0 aliphatic heterocycles. The smallest absolute Gasteiger partial charge is 0.237 e. The van der Waals surface area contributed by atoms with Crippen LogP contribution in [0.25, 0.3) is 0 Å². The summed E-state index contributed by atoms with van der Waals surface area (Å²) in [4.78, 5) is 13.0. The molecular weight excluding hydrogens is 366 g/mol. The highest BCUT2D eigenvalue weighted by atomic mass is 32.2. The second-order valence-electron chi connectivity index (χ2n) is 6.38. The largest absolute Gasteiger partial charge is 0.325 e. The number of rotatable bonds is 8. The molecule has 1 N–H and O–H groups in total. The first kappa shape index (κ1) is 20.5. The van der Waals surface area contributed by atoms with Gasteiger partial charge < -0.3 is 5.32 Å². The second kappa shape index (κ2) is 9.24. The summed E-state index contributed by atoms with van der Waals surface area (Å²) in [6, 6.07) is 16.5. The van der Waals surface area contributed by atoms with Crippen molar-refractivity contribution < 1.29 is 13.2 Å². The molecule has 26 heavy (non-hydrogen) atoms. The Balaban J connectivity index is 2.09. The van der Waals surface area contributed by atoms with E-state index >= 15 is 0 Å². The van der Waals surface area contributed by atoms with Gasteiger partial charge in [-0.15, -0.1) is 11.8 Å². The second-order valence-corrected chi connectivity index (χ2v) is 9.79.